The SMILES string of the molecule is COc1ccc2cc1OCCN(C(=O)Cn1c(=O)oc3ccccc31)CC(=O)NCCOc1ccc3c(c1)NC(=O)CC23. The summed E-state index contributed by atoms with van der Waals surface area (Å²) in [5.41, 5.74) is 3.32. The van der Waals surface area contributed by atoms with Gasteiger partial charge in [0.05, 0.1) is 32.3 Å². The number of carbonyl (C=O) groups is 3. The number of rotatable bonds is 3. The van der Waals surface area contributed by atoms with Gasteiger partial charge in [0.1, 0.15) is 25.5 Å². The minimum absolute atomic E-state index is 0.0358. The molecule has 222 valence electrons. The van der Waals surface area contributed by atoms with Crippen molar-refractivity contribution in [3.8, 4) is 17.2 Å². The van der Waals surface area contributed by atoms with Gasteiger partial charge in [-0.1, -0.05) is 24.3 Å². The number of hydrogen-bond acceptors (Lipinski definition) is 8. The highest BCUT2D eigenvalue weighted by molar-refractivity contribution is 5.95. The molecule has 1 unspecified atom stereocenters. The summed E-state index contributed by atoms with van der Waals surface area (Å²) < 4.78 is 23.9. The van der Waals surface area contributed by atoms with Crippen molar-refractivity contribution in [2.24, 2.45) is 0 Å². The fourth-order valence-electron chi connectivity index (χ4n) is 5.40. The average molecular weight is 587 g/mol. The van der Waals surface area contributed by atoms with Crippen molar-refractivity contribution >= 4 is 34.5 Å². The van der Waals surface area contributed by atoms with E-state index in [9.17, 15) is 19.2 Å². The molecule has 7 rings (SSSR count). The molecule has 4 heterocycles. The van der Waals surface area contributed by atoms with Gasteiger partial charge in [-0.25, -0.2) is 4.79 Å². The third-order valence-electron chi connectivity index (χ3n) is 7.52. The van der Waals surface area contributed by atoms with Crippen molar-refractivity contribution in [1.82, 2.24) is 14.8 Å². The van der Waals surface area contributed by atoms with Crippen LogP contribution in [0.4, 0.5) is 5.69 Å². The van der Waals surface area contributed by atoms with Crippen molar-refractivity contribution in [3.05, 3.63) is 82.3 Å². The molecule has 43 heavy (non-hydrogen) atoms. The molecule has 0 radical (unpaired) electrons. The van der Waals surface area contributed by atoms with Gasteiger partial charge in [0.25, 0.3) is 0 Å². The van der Waals surface area contributed by atoms with Crippen LogP contribution in [-0.4, -0.2) is 67.1 Å². The molecule has 3 aliphatic rings. The number of aromatic nitrogens is 1. The maximum absolute atomic E-state index is 13.4. The molecule has 0 spiro atoms. The standard InChI is InChI=1S/C31H30N4O8/c1-40-26-9-6-19-14-27(26)42-13-11-34(30(38)18-35-24-4-2-3-5-25(24)43-31(35)39)17-29(37)32-10-12-41-20-7-8-21-22(19)16-28(36)33-23(21)15-20/h2-9,14-15,22H,10-13,16-18H2,1H3,(H,32,37)(H,33,36). The minimum Gasteiger partial charge on any atom is -0.493 e. The Balaban J connectivity index is 1.29. The summed E-state index contributed by atoms with van der Waals surface area (Å²) in [6.07, 6.45) is 0.259. The highest BCUT2D eigenvalue weighted by Crippen LogP contribution is 2.41. The topological polar surface area (TPSA) is 141 Å². The quantitative estimate of drug-likeness (QED) is 0.349. The second-order valence-corrected chi connectivity index (χ2v) is 10.2. The predicted octanol–water partition coefficient (Wildman–Crippen LogP) is 2.49. The molecular weight excluding hydrogens is 556 g/mol. The highest BCUT2D eigenvalue weighted by atomic mass is 16.5. The van der Waals surface area contributed by atoms with Crippen molar-refractivity contribution in [3.63, 3.8) is 0 Å². The number of ether oxygens (including phenoxy) is 3. The third-order valence-corrected chi connectivity index (χ3v) is 7.52. The van der Waals surface area contributed by atoms with Gasteiger partial charge in [0.2, 0.25) is 17.7 Å². The van der Waals surface area contributed by atoms with Crippen LogP contribution in [0.1, 0.15) is 23.5 Å². The van der Waals surface area contributed by atoms with Crippen LogP contribution >= 0.6 is 0 Å². The zero-order chi connectivity index (χ0) is 29.9. The molecule has 0 fully saturated rings. The first-order valence-corrected chi connectivity index (χ1v) is 13.9. The number of carbonyl (C=O) groups excluding carboxylic acids is 3. The van der Waals surface area contributed by atoms with Gasteiger partial charge in [-0.2, -0.15) is 0 Å². The molecule has 0 saturated heterocycles. The molecule has 2 N–H and O–H groups in total. The number of fused-ring (bicyclic) bond motifs is 11. The van der Waals surface area contributed by atoms with Gasteiger partial charge in [-0.05, 0) is 41.5 Å². The second kappa shape index (κ2) is 11.9. The third kappa shape index (κ3) is 5.89. The van der Waals surface area contributed by atoms with E-state index in [0.717, 1.165) is 11.1 Å². The normalized spacial score (nSPS) is 17.2. The Hall–Kier alpha value is -5.26. The summed E-state index contributed by atoms with van der Waals surface area (Å²) in [4.78, 5) is 52.8. The number of hydrogen-bond donors (Lipinski definition) is 2. The van der Waals surface area contributed by atoms with E-state index >= 15 is 0 Å². The molecule has 6 bridgehead atoms. The van der Waals surface area contributed by atoms with Gasteiger partial charge in [0.15, 0.2) is 17.1 Å². The van der Waals surface area contributed by atoms with E-state index in [1.807, 2.05) is 24.3 Å². The Morgan fingerprint density at radius 1 is 1.00 bits per heavy atom. The van der Waals surface area contributed by atoms with Crippen molar-refractivity contribution < 1.29 is 33.0 Å². The molecule has 1 aromatic heterocycles. The fraction of sp³-hybridized carbons (Fsp3) is 0.290. The number of para-hydroxylation sites is 2. The molecule has 4 aromatic rings. The van der Waals surface area contributed by atoms with Crippen LogP contribution in [-0.2, 0) is 20.9 Å². The Kier molecular flexibility index (Phi) is 7.73. The summed E-state index contributed by atoms with van der Waals surface area (Å²) >= 11 is 0. The van der Waals surface area contributed by atoms with Crippen LogP contribution in [0.5, 0.6) is 17.2 Å². The summed E-state index contributed by atoms with van der Waals surface area (Å²) in [5.74, 6) is -0.400. The lowest BCUT2D eigenvalue weighted by Gasteiger charge is -2.27. The van der Waals surface area contributed by atoms with E-state index in [-0.39, 0.29) is 57.6 Å². The number of methoxy groups -OCH3 is 1. The predicted molar refractivity (Wildman–Crippen MR) is 156 cm³/mol. The van der Waals surface area contributed by atoms with E-state index in [1.165, 1.54) is 16.6 Å². The lowest BCUT2D eigenvalue weighted by atomic mass is 9.84. The largest absolute Gasteiger partial charge is 0.493 e. The van der Waals surface area contributed by atoms with Crippen LogP contribution in [0.3, 0.4) is 0 Å². The Labute approximate surface area is 246 Å². The zero-order valence-corrected chi connectivity index (χ0v) is 23.5. The van der Waals surface area contributed by atoms with Crippen molar-refractivity contribution in [1.29, 1.82) is 0 Å². The monoisotopic (exact) mass is 586 g/mol. The maximum atomic E-state index is 13.4. The zero-order valence-electron chi connectivity index (χ0n) is 23.5. The van der Waals surface area contributed by atoms with Gasteiger partial charge < -0.3 is 34.2 Å². The molecule has 1 atom stereocenters. The van der Waals surface area contributed by atoms with Crippen LogP contribution < -0.4 is 30.6 Å². The molecule has 3 aliphatic heterocycles. The first-order valence-electron chi connectivity index (χ1n) is 13.9. The van der Waals surface area contributed by atoms with Crippen LogP contribution in [0.2, 0.25) is 0 Å². The molecule has 0 aliphatic carbocycles. The van der Waals surface area contributed by atoms with E-state index < -0.39 is 17.6 Å². The van der Waals surface area contributed by atoms with Gasteiger partial charge in [0, 0.05) is 24.1 Å². The Morgan fingerprint density at radius 2 is 1.86 bits per heavy atom. The molecule has 12 heteroatoms. The second-order valence-electron chi connectivity index (χ2n) is 10.2. The van der Waals surface area contributed by atoms with E-state index in [2.05, 4.69) is 10.6 Å². The van der Waals surface area contributed by atoms with Gasteiger partial charge >= 0.3 is 5.76 Å². The number of nitrogens with one attached hydrogen (secondary N) is 2. The van der Waals surface area contributed by atoms with Crippen LogP contribution in [0.25, 0.3) is 11.1 Å². The van der Waals surface area contributed by atoms with Crippen molar-refractivity contribution in [2.45, 2.75) is 18.9 Å². The van der Waals surface area contributed by atoms with E-state index in [4.69, 9.17) is 18.6 Å². The van der Waals surface area contributed by atoms with E-state index in [1.54, 1.807) is 36.4 Å². The molecule has 12 nitrogen and oxygen atoms in total. The summed E-state index contributed by atoms with van der Waals surface area (Å²) in [6.45, 7) is -0.108. The molecular formula is C31H30N4O8. The number of benzene rings is 3. The maximum Gasteiger partial charge on any atom is 0.420 e. The lowest BCUT2D eigenvalue weighted by molar-refractivity contribution is -0.137. The summed E-state index contributed by atoms with van der Waals surface area (Å²) in [7, 11) is 1.53. The van der Waals surface area contributed by atoms with E-state index in [0.29, 0.717) is 34.0 Å². The van der Waals surface area contributed by atoms with Gasteiger partial charge in [-0.3, -0.25) is 19.0 Å². The van der Waals surface area contributed by atoms with Crippen LogP contribution in [0.15, 0.2) is 69.9 Å². The fourth-order valence-corrected chi connectivity index (χ4v) is 5.40. The number of nitrogens with zero attached hydrogens (tertiary/aromatic N) is 2. The highest BCUT2D eigenvalue weighted by Gasteiger charge is 2.28. The number of anilines is 1. The first-order chi connectivity index (χ1) is 20.9. The van der Waals surface area contributed by atoms with Crippen molar-refractivity contribution in [2.75, 3.05) is 45.3 Å². The Morgan fingerprint density at radius 3 is 2.72 bits per heavy atom. The minimum atomic E-state index is -0.664. The lowest BCUT2D eigenvalue weighted by Crippen LogP contribution is -2.45. The Bertz CT molecular complexity index is 1760. The molecule has 3 aromatic carbocycles. The summed E-state index contributed by atoms with van der Waals surface area (Å²) in [6, 6.07) is 17.8. The average Bonchev–Trinajstić information content (AvgIpc) is 3.32. The number of amides is 3. The first kappa shape index (κ1) is 27.9. The number of oxazole rings is 1. The smallest absolute Gasteiger partial charge is 0.420 e. The molecule has 3 amide bonds. The van der Waals surface area contributed by atoms with Crippen LogP contribution in [0, 0.1) is 0 Å². The molecule has 0 saturated carbocycles. The van der Waals surface area contributed by atoms with Gasteiger partial charge in [-0.15, -0.1) is 0 Å². The summed E-state index contributed by atoms with van der Waals surface area (Å²) in [5, 5.41) is 5.69.